The van der Waals surface area contributed by atoms with Gasteiger partial charge in [-0.15, -0.1) is 0 Å². The largest absolute Gasteiger partial charge is 0.480 e. The molecule has 1 aromatic rings. The van der Waals surface area contributed by atoms with Crippen molar-refractivity contribution in [3.63, 3.8) is 0 Å². The minimum atomic E-state index is -1.26. The van der Waals surface area contributed by atoms with E-state index in [4.69, 9.17) is 5.11 Å². The molecule has 2 amide bonds. The lowest BCUT2D eigenvalue weighted by atomic mass is 10.2. The van der Waals surface area contributed by atoms with Crippen LogP contribution < -0.4 is 10.6 Å². The molecule has 0 aliphatic carbocycles. The molecule has 0 aliphatic heterocycles. The van der Waals surface area contributed by atoms with E-state index in [2.05, 4.69) is 15.4 Å². The van der Waals surface area contributed by atoms with Gasteiger partial charge in [0.25, 0.3) is 5.91 Å². The van der Waals surface area contributed by atoms with Gasteiger partial charge in [0.15, 0.2) is 6.04 Å². The number of aliphatic carboxylic acids is 1. The molecule has 0 aliphatic rings. The number of amides is 2. The number of ether oxygens (including phenoxy) is 1. The number of carboxylic acid groups (broad SMARTS) is 1. The van der Waals surface area contributed by atoms with Crippen LogP contribution in [0.3, 0.4) is 0 Å². The molecule has 0 aromatic heterocycles. The summed E-state index contributed by atoms with van der Waals surface area (Å²) < 4.78 is 18.0. The van der Waals surface area contributed by atoms with E-state index in [1.807, 2.05) is 0 Å². The second-order valence-corrected chi connectivity index (χ2v) is 4.08. The predicted octanol–water partition coefficient (Wildman–Crippen LogP) is -0.229. The Morgan fingerprint density at radius 1 is 1.33 bits per heavy atom. The van der Waals surface area contributed by atoms with E-state index >= 15 is 0 Å². The third-order valence-corrected chi connectivity index (χ3v) is 2.49. The van der Waals surface area contributed by atoms with Crippen molar-refractivity contribution in [1.82, 2.24) is 10.6 Å². The van der Waals surface area contributed by atoms with E-state index in [9.17, 15) is 18.8 Å². The van der Waals surface area contributed by atoms with Crippen LogP contribution in [-0.4, -0.2) is 49.2 Å². The van der Waals surface area contributed by atoms with Crippen LogP contribution in [0.4, 0.5) is 4.39 Å². The Kier molecular flexibility index (Phi) is 6.28. The number of nitrogens with one attached hydrogen (secondary N) is 2. The van der Waals surface area contributed by atoms with E-state index in [0.29, 0.717) is 0 Å². The third-order valence-electron chi connectivity index (χ3n) is 2.49. The standard InChI is InChI=1S/C13H15FN2O5/c1-21-7-10(13(19)20)16-11(17)6-15-12(18)8-4-2-3-5-9(8)14/h2-5,10H,6-7H2,1H3,(H,15,18)(H,16,17)(H,19,20). The summed E-state index contributed by atoms with van der Waals surface area (Å²) in [4.78, 5) is 34.0. The van der Waals surface area contributed by atoms with Gasteiger partial charge in [-0.2, -0.15) is 0 Å². The lowest BCUT2D eigenvalue weighted by Crippen LogP contribution is -2.47. The van der Waals surface area contributed by atoms with Gasteiger partial charge in [0.1, 0.15) is 5.82 Å². The van der Waals surface area contributed by atoms with E-state index in [0.717, 1.165) is 6.07 Å². The predicted molar refractivity (Wildman–Crippen MR) is 70.2 cm³/mol. The Morgan fingerprint density at radius 2 is 2.00 bits per heavy atom. The van der Waals surface area contributed by atoms with Crippen LogP contribution in [0.2, 0.25) is 0 Å². The first-order valence-electron chi connectivity index (χ1n) is 5.99. The van der Waals surface area contributed by atoms with Crippen LogP contribution in [0.1, 0.15) is 10.4 Å². The van der Waals surface area contributed by atoms with Crippen LogP contribution in [0, 0.1) is 5.82 Å². The molecule has 0 heterocycles. The molecule has 21 heavy (non-hydrogen) atoms. The number of halogens is 1. The van der Waals surface area contributed by atoms with E-state index in [1.165, 1.54) is 25.3 Å². The molecule has 0 fully saturated rings. The number of carbonyl (C=O) groups excluding carboxylic acids is 2. The lowest BCUT2D eigenvalue weighted by molar-refractivity contribution is -0.143. The van der Waals surface area contributed by atoms with Gasteiger partial charge in [-0.05, 0) is 12.1 Å². The molecule has 3 N–H and O–H groups in total. The molecule has 0 radical (unpaired) electrons. The number of benzene rings is 1. The Hall–Kier alpha value is -2.48. The van der Waals surface area contributed by atoms with Crippen molar-refractivity contribution in [3.05, 3.63) is 35.6 Å². The Labute approximate surface area is 120 Å². The first-order valence-corrected chi connectivity index (χ1v) is 5.99. The topological polar surface area (TPSA) is 105 Å². The number of carboxylic acids is 1. The number of methoxy groups -OCH3 is 1. The maximum Gasteiger partial charge on any atom is 0.328 e. The molecule has 0 saturated carbocycles. The van der Waals surface area contributed by atoms with Crippen LogP contribution in [0.5, 0.6) is 0 Å². The van der Waals surface area contributed by atoms with Crippen LogP contribution >= 0.6 is 0 Å². The summed E-state index contributed by atoms with van der Waals surface area (Å²) in [5.74, 6) is -3.45. The van der Waals surface area contributed by atoms with Crippen molar-refractivity contribution in [2.24, 2.45) is 0 Å². The molecular formula is C13H15FN2O5. The van der Waals surface area contributed by atoms with Crippen molar-refractivity contribution >= 4 is 17.8 Å². The molecule has 0 saturated heterocycles. The Balaban J connectivity index is 2.51. The number of carbonyl (C=O) groups is 3. The zero-order valence-electron chi connectivity index (χ0n) is 11.3. The molecule has 7 nitrogen and oxygen atoms in total. The van der Waals surface area contributed by atoms with Crippen LogP contribution in [0.25, 0.3) is 0 Å². The second kappa shape index (κ2) is 7.95. The van der Waals surface area contributed by atoms with E-state index in [-0.39, 0.29) is 12.2 Å². The Bertz CT molecular complexity index is 535. The molecule has 1 aromatic carbocycles. The van der Waals surface area contributed by atoms with Gasteiger partial charge in [0.2, 0.25) is 5.91 Å². The molecular weight excluding hydrogens is 283 g/mol. The van der Waals surface area contributed by atoms with Crippen molar-refractivity contribution in [1.29, 1.82) is 0 Å². The van der Waals surface area contributed by atoms with E-state index in [1.54, 1.807) is 0 Å². The van der Waals surface area contributed by atoms with Gasteiger partial charge in [0.05, 0.1) is 18.7 Å². The zero-order chi connectivity index (χ0) is 15.8. The van der Waals surface area contributed by atoms with E-state index < -0.39 is 36.2 Å². The SMILES string of the molecule is COCC(NC(=O)CNC(=O)c1ccccc1F)C(=O)O. The second-order valence-electron chi connectivity index (χ2n) is 4.08. The molecule has 1 atom stereocenters. The fourth-order valence-corrected chi connectivity index (χ4v) is 1.49. The zero-order valence-corrected chi connectivity index (χ0v) is 11.3. The van der Waals surface area contributed by atoms with Crippen LogP contribution in [-0.2, 0) is 14.3 Å². The van der Waals surface area contributed by atoms with Crippen molar-refractivity contribution in [3.8, 4) is 0 Å². The highest BCUT2D eigenvalue weighted by molar-refractivity contribution is 5.97. The molecule has 114 valence electrons. The minimum absolute atomic E-state index is 0.197. The fraction of sp³-hybridized carbons (Fsp3) is 0.308. The highest BCUT2D eigenvalue weighted by Crippen LogP contribution is 2.05. The number of hydrogen-bond donors (Lipinski definition) is 3. The van der Waals surface area contributed by atoms with Gasteiger partial charge in [-0.1, -0.05) is 12.1 Å². The van der Waals surface area contributed by atoms with Crippen molar-refractivity contribution < 1.29 is 28.6 Å². The average Bonchev–Trinajstić information content (AvgIpc) is 2.44. The highest BCUT2D eigenvalue weighted by Gasteiger charge is 2.20. The summed E-state index contributed by atoms with van der Waals surface area (Å²) in [5.41, 5.74) is -0.197. The summed E-state index contributed by atoms with van der Waals surface area (Å²) in [7, 11) is 1.29. The minimum Gasteiger partial charge on any atom is -0.480 e. The first kappa shape index (κ1) is 16.6. The summed E-state index contributed by atoms with van der Waals surface area (Å²) in [5, 5.41) is 13.2. The van der Waals surface area contributed by atoms with Crippen molar-refractivity contribution in [2.75, 3.05) is 20.3 Å². The summed E-state index contributed by atoms with van der Waals surface area (Å²) >= 11 is 0. The van der Waals surface area contributed by atoms with Gasteiger partial charge in [-0.3, -0.25) is 9.59 Å². The monoisotopic (exact) mass is 298 g/mol. The van der Waals surface area contributed by atoms with Gasteiger partial charge >= 0.3 is 5.97 Å². The maximum absolute atomic E-state index is 13.3. The lowest BCUT2D eigenvalue weighted by Gasteiger charge is -2.13. The summed E-state index contributed by atoms with van der Waals surface area (Å²) in [6.07, 6.45) is 0. The molecule has 1 rings (SSSR count). The maximum atomic E-state index is 13.3. The van der Waals surface area contributed by atoms with Crippen molar-refractivity contribution in [2.45, 2.75) is 6.04 Å². The Morgan fingerprint density at radius 3 is 2.57 bits per heavy atom. The molecule has 0 bridgehead atoms. The van der Waals surface area contributed by atoms with Crippen LogP contribution in [0.15, 0.2) is 24.3 Å². The average molecular weight is 298 g/mol. The molecule has 8 heteroatoms. The third kappa shape index (κ3) is 5.19. The van der Waals surface area contributed by atoms with Gasteiger partial charge in [-0.25, -0.2) is 9.18 Å². The summed E-state index contributed by atoms with van der Waals surface area (Å²) in [6, 6.07) is 4.09. The highest BCUT2D eigenvalue weighted by atomic mass is 19.1. The first-order chi connectivity index (χ1) is 9.95. The number of rotatable bonds is 7. The molecule has 0 spiro atoms. The summed E-state index contributed by atoms with van der Waals surface area (Å²) in [6.45, 7) is -0.678. The normalized spacial score (nSPS) is 11.5. The molecule has 1 unspecified atom stereocenters. The number of hydrogen-bond acceptors (Lipinski definition) is 4. The quantitative estimate of drug-likeness (QED) is 0.645. The fourth-order valence-electron chi connectivity index (χ4n) is 1.49. The van der Waals surface area contributed by atoms with Gasteiger partial charge < -0.3 is 20.5 Å². The smallest absolute Gasteiger partial charge is 0.328 e. The van der Waals surface area contributed by atoms with Gasteiger partial charge in [0, 0.05) is 7.11 Å².